The summed E-state index contributed by atoms with van der Waals surface area (Å²) in [6, 6.07) is 4.92. The molecule has 1 heterocycles. The minimum Gasteiger partial charge on any atom is -0.377 e. The van der Waals surface area contributed by atoms with Gasteiger partial charge in [-0.15, -0.1) is 11.3 Å². The lowest BCUT2D eigenvalue weighted by Gasteiger charge is -2.52. The summed E-state index contributed by atoms with van der Waals surface area (Å²) in [6.45, 7) is 11.0. The molecule has 0 aliphatic heterocycles. The highest BCUT2D eigenvalue weighted by atomic mass is 79.9. The van der Waals surface area contributed by atoms with Gasteiger partial charge in [-0.3, -0.25) is 0 Å². The van der Waals surface area contributed by atoms with Crippen LogP contribution in [-0.4, -0.2) is 25.3 Å². The predicted octanol–water partition coefficient (Wildman–Crippen LogP) is 4.48. The fraction of sp³-hybridized carbons (Fsp3) is 0.750. The molecular formula is C16H26BrNOS. The second-order valence-corrected chi connectivity index (χ2v) is 9.28. The van der Waals surface area contributed by atoms with E-state index in [1.165, 1.54) is 8.66 Å². The number of ether oxygens (including phenoxy) is 1. The molecule has 1 aliphatic rings. The fourth-order valence-electron chi connectivity index (χ4n) is 2.68. The minimum atomic E-state index is 0.255. The highest BCUT2D eigenvalue weighted by Gasteiger charge is 2.48. The van der Waals surface area contributed by atoms with Crippen LogP contribution in [0, 0.1) is 11.3 Å². The number of hydrogen-bond donors (Lipinski definition) is 1. The number of halogens is 1. The largest absolute Gasteiger partial charge is 0.377 e. The molecule has 1 fully saturated rings. The van der Waals surface area contributed by atoms with Gasteiger partial charge in [0, 0.05) is 29.5 Å². The second-order valence-electron chi connectivity index (χ2n) is 6.74. The van der Waals surface area contributed by atoms with Gasteiger partial charge in [0.15, 0.2) is 0 Å². The van der Waals surface area contributed by atoms with Gasteiger partial charge in [-0.2, -0.15) is 0 Å². The van der Waals surface area contributed by atoms with Gasteiger partial charge >= 0.3 is 0 Å². The zero-order chi connectivity index (χ0) is 14.8. The Kier molecular flexibility index (Phi) is 5.69. The Morgan fingerprint density at radius 1 is 1.45 bits per heavy atom. The van der Waals surface area contributed by atoms with E-state index in [0.29, 0.717) is 18.1 Å². The van der Waals surface area contributed by atoms with Gasteiger partial charge in [0.1, 0.15) is 0 Å². The molecule has 1 aliphatic carbocycles. The molecule has 1 saturated carbocycles. The van der Waals surface area contributed by atoms with Crippen molar-refractivity contribution >= 4 is 27.3 Å². The molecule has 2 unspecified atom stereocenters. The lowest BCUT2D eigenvalue weighted by molar-refractivity contribution is -0.123. The zero-order valence-electron chi connectivity index (χ0n) is 12.9. The van der Waals surface area contributed by atoms with E-state index in [2.05, 4.69) is 61.1 Å². The Bertz CT molecular complexity index is 430. The van der Waals surface area contributed by atoms with Crippen molar-refractivity contribution in [2.45, 2.75) is 52.7 Å². The Labute approximate surface area is 135 Å². The van der Waals surface area contributed by atoms with Gasteiger partial charge in [0.2, 0.25) is 0 Å². The van der Waals surface area contributed by atoms with E-state index in [-0.39, 0.29) is 5.41 Å². The van der Waals surface area contributed by atoms with Gasteiger partial charge in [-0.25, -0.2) is 0 Å². The molecule has 0 spiro atoms. The summed E-state index contributed by atoms with van der Waals surface area (Å²) in [6.07, 6.45) is 2.67. The molecule has 1 N–H and O–H groups in total. The van der Waals surface area contributed by atoms with Gasteiger partial charge in [-0.05, 0) is 46.8 Å². The maximum Gasteiger partial charge on any atom is 0.0701 e. The quantitative estimate of drug-likeness (QED) is 0.774. The zero-order valence-corrected chi connectivity index (χ0v) is 15.3. The van der Waals surface area contributed by atoms with Crippen molar-refractivity contribution in [3.8, 4) is 0 Å². The molecule has 0 amide bonds. The van der Waals surface area contributed by atoms with Crippen LogP contribution in [0.1, 0.15) is 39.0 Å². The molecule has 20 heavy (non-hydrogen) atoms. The molecule has 0 aromatic carbocycles. The van der Waals surface area contributed by atoms with Crippen molar-refractivity contribution < 1.29 is 4.74 Å². The standard InChI is InChI=1S/C16H26BrNOS/c1-11(2)10-19-14-9-13(16(14,3)4)18-8-7-12-5-6-15(17)20-12/h5-6,11,13-14,18H,7-10H2,1-4H3. The summed E-state index contributed by atoms with van der Waals surface area (Å²) >= 11 is 5.34. The second kappa shape index (κ2) is 6.91. The Morgan fingerprint density at radius 3 is 2.75 bits per heavy atom. The predicted molar refractivity (Wildman–Crippen MR) is 90.5 cm³/mol. The molecule has 114 valence electrons. The van der Waals surface area contributed by atoms with Crippen LogP contribution in [0.5, 0.6) is 0 Å². The highest BCUT2D eigenvalue weighted by molar-refractivity contribution is 9.11. The maximum atomic E-state index is 6.01. The first-order valence-electron chi connectivity index (χ1n) is 7.48. The summed E-state index contributed by atoms with van der Waals surface area (Å²) in [5, 5.41) is 3.70. The van der Waals surface area contributed by atoms with Crippen molar-refractivity contribution in [3.05, 3.63) is 20.8 Å². The summed E-state index contributed by atoms with van der Waals surface area (Å²) < 4.78 is 7.23. The average molecular weight is 360 g/mol. The van der Waals surface area contributed by atoms with Gasteiger partial charge in [0.25, 0.3) is 0 Å². The fourth-order valence-corrected chi connectivity index (χ4v) is 4.16. The van der Waals surface area contributed by atoms with Crippen molar-refractivity contribution in [1.82, 2.24) is 5.32 Å². The molecule has 2 rings (SSSR count). The first-order chi connectivity index (χ1) is 9.39. The number of thiophene rings is 1. The SMILES string of the molecule is CC(C)COC1CC(NCCc2ccc(Br)s2)C1(C)C. The van der Waals surface area contributed by atoms with Gasteiger partial charge < -0.3 is 10.1 Å². The maximum absolute atomic E-state index is 6.01. The van der Waals surface area contributed by atoms with Crippen molar-refractivity contribution in [1.29, 1.82) is 0 Å². The van der Waals surface area contributed by atoms with Crippen LogP contribution >= 0.6 is 27.3 Å². The van der Waals surface area contributed by atoms with Crippen molar-refractivity contribution in [2.75, 3.05) is 13.2 Å². The van der Waals surface area contributed by atoms with Crippen LogP contribution in [0.3, 0.4) is 0 Å². The summed E-state index contributed by atoms with van der Waals surface area (Å²) in [4.78, 5) is 1.44. The monoisotopic (exact) mass is 359 g/mol. The molecule has 2 atom stereocenters. The Balaban J connectivity index is 1.70. The first kappa shape index (κ1) is 16.5. The third kappa shape index (κ3) is 4.06. The minimum absolute atomic E-state index is 0.255. The van der Waals surface area contributed by atoms with Crippen LogP contribution < -0.4 is 5.32 Å². The number of nitrogens with one attached hydrogen (secondary N) is 1. The van der Waals surface area contributed by atoms with Crippen molar-refractivity contribution in [2.24, 2.45) is 11.3 Å². The molecule has 1 aromatic heterocycles. The van der Waals surface area contributed by atoms with Crippen LogP contribution in [0.25, 0.3) is 0 Å². The van der Waals surface area contributed by atoms with E-state index in [1.807, 2.05) is 11.3 Å². The number of rotatable bonds is 7. The summed E-state index contributed by atoms with van der Waals surface area (Å²) in [5.74, 6) is 0.620. The van der Waals surface area contributed by atoms with Crippen LogP contribution in [-0.2, 0) is 11.2 Å². The Morgan fingerprint density at radius 2 is 2.20 bits per heavy atom. The molecule has 0 bridgehead atoms. The van der Waals surface area contributed by atoms with E-state index < -0.39 is 0 Å². The van der Waals surface area contributed by atoms with E-state index in [9.17, 15) is 0 Å². The van der Waals surface area contributed by atoms with Crippen molar-refractivity contribution in [3.63, 3.8) is 0 Å². The molecule has 1 aromatic rings. The van der Waals surface area contributed by atoms with Crippen LogP contribution in [0.4, 0.5) is 0 Å². The van der Waals surface area contributed by atoms with E-state index >= 15 is 0 Å². The summed E-state index contributed by atoms with van der Waals surface area (Å²) in [7, 11) is 0. The molecular weight excluding hydrogens is 334 g/mol. The van der Waals surface area contributed by atoms with Crippen LogP contribution in [0.2, 0.25) is 0 Å². The first-order valence-corrected chi connectivity index (χ1v) is 9.09. The Hall–Kier alpha value is 0.1000. The average Bonchev–Trinajstić information content (AvgIpc) is 2.77. The lowest BCUT2D eigenvalue weighted by Crippen LogP contribution is -2.61. The highest BCUT2D eigenvalue weighted by Crippen LogP contribution is 2.42. The third-order valence-corrected chi connectivity index (χ3v) is 5.88. The van der Waals surface area contributed by atoms with Gasteiger partial charge in [0.05, 0.1) is 9.89 Å². The lowest BCUT2D eigenvalue weighted by atomic mass is 9.64. The van der Waals surface area contributed by atoms with Gasteiger partial charge in [-0.1, -0.05) is 27.7 Å². The van der Waals surface area contributed by atoms with E-state index in [1.54, 1.807) is 0 Å². The molecule has 0 saturated heterocycles. The normalized spacial score (nSPS) is 24.9. The third-order valence-electron chi connectivity index (χ3n) is 4.20. The smallest absolute Gasteiger partial charge is 0.0701 e. The summed E-state index contributed by atoms with van der Waals surface area (Å²) in [5.41, 5.74) is 0.255. The topological polar surface area (TPSA) is 21.3 Å². The van der Waals surface area contributed by atoms with Crippen LogP contribution in [0.15, 0.2) is 15.9 Å². The van der Waals surface area contributed by atoms with E-state index in [0.717, 1.165) is 26.0 Å². The molecule has 0 radical (unpaired) electrons. The molecule has 4 heteroatoms. The number of hydrogen-bond acceptors (Lipinski definition) is 3. The van der Waals surface area contributed by atoms with E-state index in [4.69, 9.17) is 4.74 Å². The molecule has 2 nitrogen and oxygen atoms in total.